The van der Waals surface area contributed by atoms with E-state index in [2.05, 4.69) is 65.7 Å². The lowest BCUT2D eigenvalue weighted by atomic mass is 10.2. The van der Waals surface area contributed by atoms with E-state index in [-0.39, 0.29) is 11.6 Å². The first-order chi connectivity index (χ1) is 13.2. The van der Waals surface area contributed by atoms with Gasteiger partial charge < -0.3 is 9.53 Å². The minimum Gasteiger partial charge on any atom is -0.413 e. The average molecular weight is 626 g/mol. The Bertz CT molecular complexity index is 855. The van der Waals surface area contributed by atoms with Gasteiger partial charge >= 0.3 is 0 Å². The third kappa shape index (κ3) is 8.28. The predicted molar refractivity (Wildman–Crippen MR) is 136 cm³/mol. The number of hydrogen-bond acceptors (Lipinski definition) is 2. The van der Waals surface area contributed by atoms with Crippen LogP contribution in [0, 0.1) is 0 Å². The van der Waals surface area contributed by atoms with Crippen molar-refractivity contribution in [1.29, 1.82) is 0 Å². The van der Waals surface area contributed by atoms with Gasteiger partial charge in [0, 0.05) is 8.95 Å². The standard InChI is InChI=1S/C13H19BrCl2OSi.C7H5BrCl2O/c1-13(2,3)18(4,5)17-8-9-6-10(14)7-11(15)12(9)16;8-5-1-4(3-11)7(10)6(9)2-5/h6-7H,8H2,1-5H3;1-2,11H,3H2. The molecule has 2 nitrogen and oxygen atoms in total. The summed E-state index contributed by atoms with van der Waals surface area (Å²) in [6.07, 6.45) is 0. The number of hydrogen-bond donors (Lipinski definition) is 1. The molecule has 0 atom stereocenters. The van der Waals surface area contributed by atoms with Crippen LogP contribution < -0.4 is 0 Å². The molecule has 0 radical (unpaired) electrons. The molecule has 2 rings (SSSR count). The Hall–Kier alpha value is 0.697. The summed E-state index contributed by atoms with van der Waals surface area (Å²) in [5.74, 6) is 0. The van der Waals surface area contributed by atoms with Gasteiger partial charge in [-0.05, 0) is 53.5 Å². The summed E-state index contributed by atoms with van der Waals surface area (Å²) < 4.78 is 7.88. The largest absolute Gasteiger partial charge is 0.413 e. The van der Waals surface area contributed by atoms with E-state index in [9.17, 15) is 0 Å². The first kappa shape index (κ1) is 27.7. The highest BCUT2D eigenvalue weighted by Gasteiger charge is 2.37. The van der Waals surface area contributed by atoms with Crippen molar-refractivity contribution in [1.82, 2.24) is 0 Å². The van der Waals surface area contributed by atoms with Gasteiger partial charge in [-0.2, -0.15) is 0 Å². The molecule has 29 heavy (non-hydrogen) atoms. The number of benzene rings is 2. The highest BCUT2D eigenvalue weighted by Crippen LogP contribution is 2.38. The lowest BCUT2D eigenvalue weighted by Crippen LogP contribution is -2.40. The quantitative estimate of drug-likeness (QED) is 0.271. The topological polar surface area (TPSA) is 29.5 Å². The maximum Gasteiger partial charge on any atom is 0.192 e. The van der Waals surface area contributed by atoms with Crippen LogP contribution in [-0.2, 0) is 17.6 Å². The minimum atomic E-state index is -1.76. The number of aliphatic hydroxyl groups excluding tert-OH is 1. The van der Waals surface area contributed by atoms with Crippen molar-refractivity contribution in [2.75, 3.05) is 0 Å². The Labute approximate surface area is 211 Å². The van der Waals surface area contributed by atoms with Gasteiger partial charge in [0.1, 0.15) is 0 Å². The predicted octanol–water partition coefficient (Wildman–Crippen LogP) is 9.53. The van der Waals surface area contributed by atoms with Gasteiger partial charge in [0.05, 0.1) is 33.3 Å². The fourth-order valence-corrected chi connectivity index (χ4v) is 4.95. The highest BCUT2D eigenvalue weighted by atomic mass is 79.9. The van der Waals surface area contributed by atoms with Crippen LogP contribution >= 0.6 is 78.3 Å². The Kier molecular flexibility index (Phi) is 11.0. The summed E-state index contributed by atoms with van der Waals surface area (Å²) in [6, 6.07) is 7.17. The van der Waals surface area contributed by atoms with Crippen molar-refractivity contribution in [2.45, 2.75) is 52.1 Å². The van der Waals surface area contributed by atoms with Crippen LogP contribution in [0.2, 0.25) is 38.2 Å². The Morgan fingerprint density at radius 2 is 1.28 bits per heavy atom. The van der Waals surface area contributed by atoms with Crippen LogP contribution in [0.3, 0.4) is 0 Å². The molecule has 0 aromatic heterocycles. The van der Waals surface area contributed by atoms with Crippen molar-refractivity contribution in [3.05, 3.63) is 64.4 Å². The first-order valence-electron chi connectivity index (χ1n) is 8.71. The van der Waals surface area contributed by atoms with Crippen molar-refractivity contribution in [3.63, 3.8) is 0 Å². The van der Waals surface area contributed by atoms with Crippen molar-refractivity contribution >= 4 is 86.6 Å². The van der Waals surface area contributed by atoms with Crippen LogP contribution in [0.1, 0.15) is 31.9 Å². The van der Waals surface area contributed by atoms with E-state index in [0.29, 0.717) is 32.3 Å². The van der Waals surface area contributed by atoms with E-state index >= 15 is 0 Å². The fourth-order valence-electron chi connectivity index (χ4n) is 1.91. The molecule has 0 amide bonds. The van der Waals surface area contributed by atoms with Gasteiger partial charge in [0.25, 0.3) is 0 Å². The van der Waals surface area contributed by atoms with Crippen LogP contribution in [0.5, 0.6) is 0 Å². The summed E-state index contributed by atoms with van der Waals surface area (Å²) in [5.41, 5.74) is 1.56. The molecule has 0 aliphatic carbocycles. The Balaban J connectivity index is 0.000000326. The van der Waals surface area contributed by atoms with Crippen molar-refractivity contribution in [3.8, 4) is 0 Å². The summed E-state index contributed by atoms with van der Waals surface area (Å²) in [4.78, 5) is 0. The molecular formula is C20H24Br2Cl4O2Si. The SMILES string of the molecule is CC(C)(C)[Si](C)(C)OCc1cc(Br)cc(Cl)c1Cl.OCc1cc(Br)cc(Cl)c1Cl. The molecule has 0 fully saturated rings. The van der Waals surface area contributed by atoms with E-state index in [1.807, 2.05) is 6.07 Å². The minimum absolute atomic E-state index is 0.0992. The van der Waals surface area contributed by atoms with Crippen LogP contribution in [0.4, 0.5) is 0 Å². The molecule has 0 unspecified atom stereocenters. The second-order valence-corrected chi connectivity index (χ2v) is 16.1. The first-order valence-corrected chi connectivity index (χ1v) is 14.7. The van der Waals surface area contributed by atoms with E-state index in [1.165, 1.54) is 0 Å². The number of rotatable bonds is 4. The molecule has 2 aromatic rings. The lowest BCUT2D eigenvalue weighted by Gasteiger charge is -2.36. The van der Waals surface area contributed by atoms with E-state index in [0.717, 1.165) is 14.5 Å². The van der Waals surface area contributed by atoms with E-state index in [4.69, 9.17) is 55.9 Å². The Morgan fingerprint density at radius 3 is 1.69 bits per heavy atom. The highest BCUT2D eigenvalue weighted by molar-refractivity contribution is 9.10. The molecular weight excluding hydrogens is 602 g/mol. The molecule has 0 aliphatic heterocycles. The Morgan fingerprint density at radius 1 is 0.862 bits per heavy atom. The molecule has 162 valence electrons. The summed E-state index contributed by atoms with van der Waals surface area (Å²) in [7, 11) is -1.76. The number of halogens is 6. The van der Waals surface area contributed by atoms with Crippen LogP contribution in [0.15, 0.2) is 33.2 Å². The third-order valence-electron chi connectivity index (χ3n) is 4.70. The molecule has 0 heterocycles. The third-order valence-corrected chi connectivity index (χ3v) is 11.8. The zero-order valence-corrected chi connectivity index (χ0v) is 24.0. The maximum atomic E-state index is 8.80. The van der Waals surface area contributed by atoms with Gasteiger partial charge in [-0.15, -0.1) is 0 Å². The second-order valence-electron chi connectivity index (χ2n) is 7.93. The van der Waals surface area contributed by atoms with Gasteiger partial charge in [-0.25, -0.2) is 0 Å². The van der Waals surface area contributed by atoms with Crippen molar-refractivity contribution in [2.24, 2.45) is 0 Å². The van der Waals surface area contributed by atoms with Crippen molar-refractivity contribution < 1.29 is 9.53 Å². The normalized spacial score (nSPS) is 11.9. The molecule has 0 aliphatic rings. The number of aliphatic hydroxyl groups is 1. The summed E-state index contributed by atoms with van der Waals surface area (Å²) in [5, 5.41) is 11.0. The van der Waals surface area contributed by atoms with Gasteiger partial charge in [-0.3, -0.25) is 0 Å². The molecule has 0 saturated heterocycles. The van der Waals surface area contributed by atoms with Gasteiger partial charge in [0.15, 0.2) is 8.32 Å². The maximum absolute atomic E-state index is 8.80. The molecule has 2 aromatic carbocycles. The smallest absolute Gasteiger partial charge is 0.192 e. The fraction of sp³-hybridized carbons (Fsp3) is 0.400. The lowest BCUT2D eigenvalue weighted by molar-refractivity contribution is 0.276. The monoisotopic (exact) mass is 622 g/mol. The molecule has 0 bridgehead atoms. The van der Waals surface area contributed by atoms with E-state index < -0.39 is 8.32 Å². The molecule has 1 N–H and O–H groups in total. The second kappa shape index (κ2) is 11.5. The zero-order valence-electron chi connectivity index (χ0n) is 16.8. The van der Waals surface area contributed by atoms with Crippen LogP contribution in [-0.4, -0.2) is 13.4 Å². The average Bonchev–Trinajstić information content (AvgIpc) is 2.59. The van der Waals surface area contributed by atoms with E-state index in [1.54, 1.807) is 18.2 Å². The molecule has 9 heteroatoms. The zero-order chi connectivity index (χ0) is 22.6. The summed E-state index contributed by atoms with van der Waals surface area (Å²) in [6.45, 7) is 11.5. The molecule has 0 spiro atoms. The summed E-state index contributed by atoms with van der Waals surface area (Å²) >= 11 is 30.4. The van der Waals surface area contributed by atoms with Crippen LogP contribution in [0.25, 0.3) is 0 Å². The van der Waals surface area contributed by atoms with Gasteiger partial charge in [-0.1, -0.05) is 99.0 Å². The molecule has 0 saturated carbocycles. The van der Waals surface area contributed by atoms with Gasteiger partial charge in [0.2, 0.25) is 0 Å².